The van der Waals surface area contributed by atoms with E-state index in [1.54, 1.807) is 0 Å². The molecule has 3 nitrogen and oxygen atoms in total. The molecule has 0 saturated carbocycles. The van der Waals surface area contributed by atoms with Gasteiger partial charge in [0.05, 0.1) is 6.33 Å². The minimum atomic E-state index is 0.360. The van der Waals surface area contributed by atoms with E-state index in [9.17, 15) is 0 Å². The summed E-state index contributed by atoms with van der Waals surface area (Å²) in [7, 11) is 0. The van der Waals surface area contributed by atoms with Crippen LogP contribution in [0.15, 0.2) is 18.7 Å². The van der Waals surface area contributed by atoms with E-state index in [1.807, 2.05) is 18.7 Å². The van der Waals surface area contributed by atoms with Crippen molar-refractivity contribution in [2.24, 2.45) is 5.41 Å². The molecule has 0 amide bonds. The van der Waals surface area contributed by atoms with Crippen molar-refractivity contribution in [1.29, 1.82) is 0 Å². The number of aromatic nitrogens is 2. The largest absolute Gasteiger partial charge is 0.381 e. The third kappa shape index (κ3) is 2.17. The number of nitrogens with zero attached hydrogens (tertiary/aromatic N) is 2. The lowest BCUT2D eigenvalue weighted by Crippen LogP contribution is -2.35. The Morgan fingerprint density at radius 3 is 2.79 bits per heavy atom. The lowest BCUT2D eigenvalue weighted by atomic mass is 9.82. The first kappa shape index (κ1) is 10.2. The molecular weight excluding hydrogens is 244 g/mol. The molecule has 1 aliphatic rings. The number of hydrogen-bond acceptors (Lipinski definition) is 2. The molecule has 1 fully saturated rings. The molecule has 0 atom stereocenters. The van der Waals surface area contributed by atoms with Crippen LogP contribution in [0, 0.1) is 5.41 Å². The predicted molar refractivity (Wildman–Crippen MR) is 58.5 cm³/mol. The highest BCUT2D eigenvalue weighted by molar-refractivity contribution is 9.09. The molecule has 0 radical (unpaired) electrons. The first-order chi connectivity index (χ1) is 6.85. The van der Waals surface area contributed by atoms with Gasteiger partial charge in [-0.05, 0) is 12.8 Å². The highest BCUT2D eigenvalue weighted by atomic mass is 79.9. The van der Waals surface area contributed by atoms with Crippen LogP contribution in [0.3, 0.4) is 0 Å². The van der Waals surface area contributed by atoms with Gasteiger partial charge in [0.15, 0.2) is 0 Å². The maximum atomic E-state index is 5.40. The van der Waals surface area contributed by atoms with E-state index in [4.69, 9.17) is 4.74 Å². The second-order valence-corrected chi connectivity index (χ2v) is 4.54. The number of rotatable bonds is 3. The molecule has 0 aromatic carbocycles. The van der Waals surface area contributed by atoms with Crippen molar-refractivity contribution in [3.8, 4) is 0 Å². The van der Waals surface area contributed by atoms with Gasteiger partial charge in [0.1, 0.15) is 0 Å². The lowest BCUT2D eigenvalue weighted by Gasteiger charge is -2.35. The smallest absolute Gasteiger partial charge is 0.0946 e. The first-order valence-electron chi connectivity index (χ1n) is 4.94. The Morgan fingerprint density at radius 1 is 1.43 bits per heavy atom. The third-order valence-electron chi connectivity index (χ3n) is 2.91. The predicted octanol–water partition coefficient (Wildman–Crippen LogP) is 2.07. The highest BCUT2D eigenvalue weighted by Gasteiger charge is 2.31. The van der Waals surface area contributed by atoms with Crippen LogP contribution in [-0.4, -0.2) is 28.1 Å². The Hall–Kier alpha value is -0.350. The van der Waals surface area contributed by atoms with Crippen LogP contribution in [0.5, 0.6) is 0 Å². The molecule has 2 rings (SSSR count). The molecule has 14 heavy (non-hydrogen) atoms. The zero-order chi connectivity index (χ0) is 9.86. The standard InChI is InChI=1S/C10H15BrN2O/c11-7-10(1-5-14-6-2-10)8-13-4-3-12-9-13/h3-4,9H,1-2,5-8H2. The van der Waals surface area contributed by atoms with E-state index >= 15 is 0 Å². The number of hydrogen-bond donors (Lipinski definition) is 0. The van der Waals surface area contributed by atoms with Crippen molar-refractivity contribution >= 4 is 15.9 Å². The molecule has 1 saturated heterocycles. The van der Waals surface area contributed by atoms with Crippen LogP contribution >= 0.6 is 15.9 Å². The number of imidazole rings is 1. The summed E-state index contributed by atoms with van der Waals surface area (Å²) in [6.45, 7) is 2.82. The molecule has 0 spiro atoms. The number of halogens is 1. The van der Waals surface area contributed by atoms with Gasteiger partial charge in [-0.25, -0.2) is 4.98 Å². The van der Waals surface area contributed by atoms with Gasteiger partial charge in [0, 0.05) is 42.9 Å². The van der Waals surface area contributed by atoms with Gasteiger partial charge in [-0.15, -0.1) is 0 Å². The molecule has 2 heterocycles. The van der Waals surface area contributed by atoms with Crippen molar-refractivity contribution in [1.82, 2.24) is 9.55 Å². The third-order valence-corrected chi connectivity index (χ3v) is 4.10. The molecule has 4 heteroatoms. The summed E-state index contributed by atoms with van der Waals surface area (Å²) in [6.07, 6.45) is 8.02. The van der Waals surface area contributed by atoms with Crippen molar-refractivity contribution < 1.29 is 4.74 Å². The minimum absolute atomic E-state index is 0.360. The summed E-state index contributed by atoms with van der Waals surface area (Å²) >= 11 is 3.62. The molecule has 1 aliphatic heterocycles. The SMILES string of the molecule is BrCC1(Cn2ccnc2)CCOCC1. The van der Waals surface area contributed by atoms with E-state index in [0.29, 0.717) is 5.41 Å². The van der Waals surface area contributed by atoms with Crippen molar-refractivity contribution in [2.45, 2.75) is 19.4 Å². The second-order valence-electron chi connectivity index (χ2n) is 3.98. The van der Waals surface area contributed by atoms with E-state index < -0.39 is 0 Å². The summed E-state index contributed by atoms with van der Waals surface area (Å²) in [4.78, 5) is 4.07. The monoisotopic (exact) mass is 258 g/mol. The zero-order valence-electron chi connectivity index (χ0n) is 8.16. The van der Waals surface area contributed by atoms with Gasteiger partial charge in [0.25, 0.3) is 0 Å². The summed E-state index contributed by atoms with van der Waals surface area (Å²) in [5, 5.41) is 1.04. The van der Waals surface area contributed by atoms with Crippen LogP contribution in [0.2, 0.25) is 0 Å². The molecular formula is C10H15BrN2O. The van der Waals surface area contributed by atoms with Gasteiger partial charge in [-0.1, -0.05) is 15.9 Å². The molecule has 0 bridgehead atoms. The molecule has 1 aromatic heterocycles. The Labute approximate surface area is 92.6 Å². The molecule has 0 N–H and O–H groups in total. The van der Waals surface area contributed by atoms with Gasteiger partial charge in [-0.3, -0.25) is 0 Å². The molecule has 0 aliphatic carbocycles. The topological polar surface area (TPSA) is 27.1 Å². The normalized spacial score (nSPS) is 20.9. The maximum absolute atomic E-state index is 5.40. The van der Waals surface area contributed by atoms with Gasteiger partial charge in [0.2, 0.25) is 0 Å². The zero-order valence-corrected chi connectivity index (χ0v) is 9.74. The Balaban J connectivity index is 2.04. The Kier molecular flexibility index (Phi) is 3.23. The second kappa shape index (κ2) is 4.45. The van der Waals surface area contributed by atoms with Crippen LogP contribution < -0.4 is 0 Å². The van der Waals surface area contributed by atoms with E-state index in [1.165, 1.54) is 0 Å². The number of ether oxygens (including phenoxy) is 1. The minimum Gasteiger partial charge on any atom is -0.381 e. The van der Waals surface area contributed by atoms with E-state index in [0.717, 1.165) is 37.9 Å². The van der Waals surface area contributed by atoms with Crippen molar-refractivity contribution in [2.75, 3.05) is 18.5 Å². The average molecular weight is 259 g/mol. The summed E-state index contributed by atoms with van der Waals surface area (Å²) in [5.74, 6) is 0. The highest BCUT2D eigenvalue weighted by Crippen LogP contribution is 2.34. The van der Waals surface area contributed by atoms with Crippen molar-refractivity contribution in [3.05, 3.63) is 18.7 Å². The fourth-order valence-corrected chi connectivity index (χ4v) is 2.64. The van der Waals surface area contributed by atoms with Crippen LogP contribution in [-0.2, 0) is 11.3 Å². The molecule has 1 aromatic rings. The molecule has 78 valence electrons. The van der Waals surface area contributed by atoms with Gasteiger partial charge < -0.3 is 9.30 Å². The summed E-state index contributed by atoms with van der Waals surface area (Å²) in [6, 6.07) is 0. The van der Waals surface area contributed by atoms with Crippen LogP contribution in [0.4, 0.5) is 0 Å². The number of alkyl halides is 1. The van der Waals surface area contributed by atoms with E-state index in [2.05, 4.69) is 25.5 Å². The average Bonchev–Trinajstić information content (AvgIpc) is 2.72. The van der Waals surface area contributed by atoms with Crippen molar-refractivity contribution in [3.63, 3.8) is 0 Å². The fourth-order valence-electron chi connectivity index (χ4n) is 1.91. The quantitative estimate of drug-likeness (QED) is 0.777. The Morgan fingerprint density at radius 2 is 2.21 bits per heavy atom. The summed E-state index contributed by atoms with van der Waals surface area (Å²) in [5.41, 5.74) is 0.360. The fraction of sp³-hybridized carbons (Fsp3) is 0.700. The first-order valence-corrected chi connectivity index (χ1v) is 6.06. The van der Waals surface area contributed by atoms with E-state index in [-0.39, 0.29) is 0 Å². The van der Waals surface area contributed by atoms with Gasteiger partial charge in [-0.2, -0.15) is 0 Å². The summed E-state index contributed by atoms with van der Waals surface area (Å²) < 4.78 is 7.56. The van der Waals surface area contributed by atoms with Gasteiger partial charge >= 0.3 is 0 Å². The Bertz CT molecular complexity index is 268. The van der Waals surface area contributed by atoms with Crippen LogP contribution in [0.25, 0.3) is 0 Å². The lowest BCUT2D eigenvalue weighted by molar-refractivity contribution is 0.0186. The molecule has 0 unspecified atom stereocenters. The van der Waals surface area contributed by atoms with Crippen LogP contribution in [0.1, 0.15) is 12.8 Å². The maximum Gasteiger partial charge on any atom is 0.0946 e.